The second kappa shape index (κ2) is 7.81. The predicted octanol–water partition coefficient (Wildman–Crippen LogP) is 2.38. The molecule has 0 saturated heterocycles. The zero-order valence-electron chi connectivity index (χ0n) is 11.6. The van der Waals surface area contributed by atoms with Gasteiger partial charge in [0.05, 0.1) is 0 Å². The predicted molar refractivity (Wildman–Crippen MR) is 74.0 cm³/mol. The van der Waals surface area contributed by atoms with Crippen molar-refractivity contribution in [2.24, 2.45) is 0 Å². The molecule has 1 rings (SSSR count). The van der Waals surface area contributed by atoms with E-state index in [0.29, 0.717) is 0 Å². The molecular weight excluding hydrogens is 244 g/mol. The smallest absolute Gasteiger partial charge is 0.326 e. The number of carboxylic acids is 1. The lowest BCUT2D eigenvalue weighted by Crippen LogP contribution is -2.49. The summed E-state index contributed by atoms with van der Waals surface area (Å²) in [6.07, 6.45) is 8.46. The van der Waals surface area contributed by atoms with Crippen molar-refractivity contribution in [1.29, 1.82) is 0 Å². The van der Waals surface area contributed by atoms with Gasteiger partial charge in [-0.15, -0.1) is 6.58 Å². The van der Waals surface area contributed by atoms with Crippen molar-refractivity contribution in [2.45, 2.75) is 57.0 Å². The number of aliphatic carboxylic acids is 1. The van der Waals surface area contributed by atoms with Crippen LogP contribution in [0.1, 0.15) is 44.9 Å². The third kappa shape index (κ3) is 4.93. The van der Waals surface area contributed by atoms with Gasteiger partial charge in [-0.1, -0.05) is 31.8 Å². The molecule has 0 spiro atoms. The third-order valence-corrected chi connectivity index (χ3v) is 3.69. The van der Waals surface area contributed by atoms with Crippen molar-refractivity contribution in [3.05, 3.63) is 12.7 Å². The summed E-state index contributed by atoms with van der Waals surface area (Å²) in [5.41, 5.74) is 0. The number of rotatable bonds is 5. The number of nitrogens with zero attached hydrogens (tertiary/aromatic N) is 1. The van der Waals surface area contributed by atoms with Crippen LogP contribution in [0.25, 0.3) is 0 Å². The van der Waals surface area contributed by atoms with Crippen molar-refractivity contribution >= 4 is 12.0 Å². The molecule has 0 aliphatic heterocycles. The normalized spacial score (nSPS) is 18.2. The minimum absolute atomic E-state index is 0.223. The standard InChI is InChI=1S/C14H24N2O3/c1-3-8-12(13(17)18)15-14(19)16(2)11-9-6-4-5-7-10-11/h3,11-12H,1,4-10H2,2H3,(H,15,19)(H,17,18). The molecular formula is C14H24N2O3. The van der Waals surface area contributed by atoms with E-state index in [1.807, 2.05) is 0 Å². The summed E-state index contributed by atoms with van der Waals surface area (Å²) < 4.78 is 0. The van der Waals surface area contributed by atoms with Gasteiger partial charge in [0.2, 0.25) is 0 Å². The van der Waals surface area contributed by atoms with Crippen LogP contribution in [-0.4, -0.2) is 41.1 Å². The van der Waals surface area contributed by atoms with Gasteiger partial charge in [-0.2, -0.15) is 0 Å². The molecule has 0 radical (unpaired) electrons. The highest BCUT2D eigenvalue weighted by Gasteiger charge is 2.25. The second-order valence-corrected chi connectivity index (χ2v) is 5.12. The van der Waals surface area contributed by atoms with Crippen LogP contribution >= 0.6 is 0 Å². The van der Waals surface area contributed by atoms with Crippen LogP contribution in [-0.2, 0) is 4.79 Å². The summed E-state index contributed by atoms with van der Waals surface area (Å²) in [4.78, 5) is 24.7. The average Bonchev–Trinajstić information content (AvgIpc) is 2.65. The van der Waals surface area contributed by atoms with Gasteiger partial charge in [-0.05, 0) is 19.3 Å². The molecule has 0 aromatic carbocycles. The fraction of sp³-hybridized carbons (Fsp3) is 0.714. The molecule has 108 valence electrons. The van der Waals surface area contributed by atoms with E-state index in [1.165, 1.54) is 18.9 Å². The SMILES string of the molecule is C=CCC(NC(=O)N(C)C1CCCCCC1)C(=O)O. The van der Waals surface area contributed by atoms with E-state index in [2.05, 4.69) is 11.9 Å². The zero-order chi connectivity index (χ0) is 14.3. The maximum Gasteiger partial charge on any atom is 0.326 e. The van der Waals surface area contributed by atoms with Crippen molar-refractivity contribution in [3.8, 4) is 0 Å². The van der Waals surface area contributed by atoms with E-state index in [0.717, 1.165) is 25.7 Å². The molecule has 2 N–H and O–H groups in total. The van der Waals surface area contributed by atoms with E-state index >= 15 is 0 Å². The van der Waals surface area contributed by atoms with Crippen molar-refractivity contribution in [3.63, 3.8) is 0 Å². The highest BCUT2D eigenvalue weighted by atomic mass is 16.4. The molecule has 19 heavy (non-hydrogen) atoms. The van der Waals surface area contributed by atoms with Gasteiger partial charge < -0.3 is 15.3 Å². The average molecular weight is 268 g/mol. The lowest BCUT2D eigenvalue weighted by Gasteiger charge is -2.28. The summed E-state index contributed by atoms with van der Waals surface area (Å²) in [6.45, 7) is 3.51. The number of hydrogen-bond donors (Lipinski definition) is 2. The lowest BCUT2D eigenvalue weighted by atomic mass is 10.1. The van der Waals surface area contributed by atoms with E-state index < -0.39 is 12.0 Å². The first-order valence-electron chi connectivity index (χ1n) is 6.93. The number of amides is 2. The summed E-state index contributed by atoms with van der Waals surface area (Å²) in [6, 6.07) is -0.972. The Morgan fingerprint density at radius 2 is 1.95 bits per heavy atom. The van der Waals surface area contributed by atoms with Crippen LogP contribution in [0.3, 0.4) is 0 Å². The Hall–Kier alpha value is -1.52. The van der Waals surface area contributed by atoms with Gasteiger partial charge >= 0.3 is 12.0 Å². The topological polar surface area (TPSA) is 69.6 Å². The van der Waals surface area contributed by atoms with E-state index in [4.69, 9.17) is 5.11 Å². The van der Waals surface area contributed by atoms with Crippen LogP contribution in [0.15, 0.2) is 12.7 Å². The van der Waals surface area contributed by atoms with Crippen molar-refractivity contribution in [2.75, 3.05) is 7.05 Å². The van der Waals surface area contributed by atoms with Crippen LogP contribution in [0.4, 0.5) is 4.79 Å². The fourth-order valence-corrected chi connectivity index (χ4v) is 2.45. The Morgan fingerprint density at radius 1 is 1.37 bits per heavy atom. The van der Waals surface area contributed by atoms with Gasteiger partial charge in [0.1, 0.15) is 6.04 Å². The maximum atomic E-state index is 12.1. The Bertz CT molecular complexity index is 323. The molecule has 5 nitrogen and oxygen atoms in total. The molecule has 1 atom stereocenters. The number of hydrogen-bond acceptors (Lipinski definition) is 2. The first kappa shape index (κ1) is 15.5. The maximum absolute atomic E-state index is 12.1. The summed E-state index contributed by atoms with van der Waals surface area (Å²) in [7, 11) is 1.75. The molecule has 1 saturated carbocycles. The third-order valence-electron chi connectivity index (χ3n) is 3.69. The quantitative estimate of drug-likeness (QED) is 0.594. The van der Waals surface area contributed by atoms with Crippen LogP contribution < -0.4 is 5.32 Å². The molecule has 1 aliphatic carbocycles. The van der Waals surface area contributed by atoms with Gasteiger partial charge in [0, 0.05) is 13.1 Å². The van der Waals surface area contributed by atoms with Gasteiger partial charge in [0.25, 0.3) is 0 Å². The van der Waals surface area contributed by atoms with Crippen LogP contribution in [0.5, 0.6) is 0 Å². The Kier molecular flexibility index (Phi) is 6.39. The number of carboxylic acid groups (broad SMARTS) is 1. The van der Waals surface area contributed by atoms with Crippen LogP contribution in [0, 0.1) is 0 Å². The molecule has 2 amide bonds. The summed E-state index contributed by atoms with van der Waals surface area (Å²) >= 11 is 0. The molecule has 5 heteroatoms. The largest absolute Gasteiger partial charge is 0.480 e. The number of carbonyl (C=O) groups is 2. The number of carbonyl (C=O) groups excluding carboxylic acids is 1. The lowest BCUT2D eigenvalue weighted by molar-refractivity contribution is -0.139. The fourth-order valence-electron chi connectivity index (χ4n) is 2.45. The first-order valence-corrected chi connectivity index (χ1v) is 6.93. The number of nitrogens with one attached hydrogen (secondary N) is 1. The van der Waals surface area contributed by atoms with Crippen LogP contribution in [0.2, 0.25) is 0 Å². The Balaban J connectivity index is 2.54. The number of urea groups is 1. The van der Waals surface area contributed by atoms with E-state index in [-0.39, 0.29) is 18.5 Å². The summed E-state index contributed by atoms with van der Waals surface area (Å²) in [5, 5.41) is 11.6. The highest BCUT2D eigenvalue weighted by molar-refractivity contribution is 5.82. The molecule has 1 unspecified atom stereocenters. The minimum Gasteiger partial charge on any atom is -0.480 e. The van der Waals surface area contributed by atoms with Crippen molar-refractivity contribution < 1.29 is 14.7 Å². The van der Waals surface area contributed by atoms with E-state index in [1.54, 1.807) is 11.9 Å². The molecule has 0 aromatic heterocycles. The van der Waals surface area contributed by atoms with E-state index in [9.17, 15) is 9.59 Å². The minimum atomic E-state index is -1.03. The van der Waals surface area contributed by atoms with Gasteiger partial charge in [0.15, 0.2) is 0 Å². The van der Waals surface area contributed by atoms with Gasteiger partial charge in [-0.25, -0.2) is 9.59 Å². The Labute approximate surface area is 114 Å². The molecule has 0 heterocycles. The zero-order valence-corrected chi connectivity index (χ0v) is 11.6. The molecule has 0 bridgehead atoms. The van der Waals surface area contributed by atoms with Crippen molar-refractivity contribution in [1.82, 2.24) is 10.2 Å². The summed E-state index contributed by atoms with van der Waals surface area (Å²) in [5.74, 6) is -1.03. The molecule has 1 aliphatic rings. The highest BCUT2D eigenvalue weighted by Crippen LogP contribution is 2.21. The molecule has 0 aromatic rings. The monoisotopic (exact) mass is 268 g/mol. The first-order chi connectivity index (χ1) is 9.06. The Morgan fingerprint density at radius 3 is 2.42 bits per heavy atom. The van der Waals surface area contributed by atoms with Gasteiger partial charge in [-0.3, -0.25) is 0 Å². The molecule has 1 fully saturated rings. The second-order valence-electron chi connectivity index (χ2n) is 5.12.